The predicted octanol–water partition coefficient (Wildman–Crippen LogP) is 28.4. The molecule has 0 saturated heterocycles. The number of hydrogen-bond donors (Lipinski definition) is 0. The fraction of sp³-hybridized carbons (Fsp3) is 0.0275. The van der Waals surface area contributed by atoms with Crippen LogP contribution < -0.4 is 0 Å². The number of benzene rings is 19. The Morgan fingerprint density at radius 1 is 0.216 bits per heavy atom. The molecule has 0 N–H and O–H groups in total. The molecular formula is C109H69N7. The lowest BCUT2D eigenvalue weighted by Crippen LogP contribution is -2.14. The van der Waals surface area contributed by atoms with Crippen molar-refractivity contribution in [1.29, 1.82) is 0 Å². The van der Waals surface area contributed by atoms with Crippen LogP contribution >= 0.6 is 0 Å². The first-order valence-corrected chi connectivity index (χ1v) is 39.9. The van der Waals surface area contributed by atoms with Gasteiger partial charge in [-0.3, -0.25) is 0 Å². The second-order valence-corrected chi connectivity index (χ2v) is 31.6. The monoisotopic (exact) mass is 1480 g/mol. The maximum Gasteiger partial charge on any atom is 0.101 e. The quantitative estimate of drug-likeness (QED) is 0.159. The summed E-state index contributed by atoms with van der Waals surface area (Å²) in [6.45, 7) is 4.65. The third kappa shape index (κ3) is 9.79. The number of rotatable bonds is 7. The molecule has 7 heteroatoms. The van der Waals surface area contributed by atoms with Crippen LogP contribution in [0.4, 0.5) is 0 Å². The summed E-state index contributed by atoms with van der Waals surface area (Å²) in [7, 11) is 0. The first-order chi connectivity index (χ1) is 57.3. The minimum Gasteiger partial charge on any atom is -0.309 e. The van der Waals surface area contributed by atoms with Crippen molar-refractivity contribution in [3.63, 3.8) is 0 Å². The van der Waals surface area contributed by atoms with Gasteiger partial charge in [0.05, 0.1) is 38.8 Å². The van der Waals surface area contributed by atoms with E-state index in [9.17, 15) is 0 Å². The van der Waals surface area contributed by atoms with Crippen molar-refractivity contribution < 1.29 is 0 Å². The Morgan fingerprint density at radius 3 is 1.41 bits per heavy atom. The van der Waals surface area contributed by atoms with Gasteiger partial charge in [-0.15, -0.1) is 20.4 Å². The van der Waals surface area contributed by atoms with Crippen molar-refractivity contribution >= 4 is 152 Å². The van der Waals surface area contributed by atoms with Crippen LogP contribution in [-0.4, -0.2) is 34.1 Å². The standard InChI is InChI=1S/C56H34N4.C53H35N3/c1-2-18-40(19-3-1)59-50-25-13-12-22-44(50)45-28-26-39(33-52(45)59)55-46-23-10-11-24-47(46)56(58-57-55)48-34-41(30-38-17-7-8-20-42(38)48)60-51-29-27-35-14-6-9-21-43(35)54(51)49-31-36-15-4-5-16-37(36)32-53(49)60;1-53(2)45-25-10-9-20-42(45)49-43(24-12-26-46(49)53)51-40-19-8-7-18-39(40)50(54-55-51)38-23-11-22-37-36(38)21-13-27-47(37)56-48-31-34-16-4-3-15-33(34)30-44(48)41-29-28-32-14-5-6-17-35(32)52(41)56/h1-34H;3-31H,1-2H3. The maximum atomic E-state index is 5.17. The molecule has 0 radical (unpaired) electrons. The molecule has 116 heavy (non-hydrogen) atoms. The molecule has 1 aliphatic carbocycles. The van der Waals surface area contributed by atoms with Crippen molar-refractivity contribution in [2.75, 3.05) is 0 Å². The van der Waals surface area contributed by atoms with Crippen LogP contribution in [0, 0.1) is 0 Å². The Hall–Kier alpha value is -15.2. The molecule has 0 amide bonds. The van der Waals surface area contributed by atoms with Gasteiger partial charge >= 0.3 is 0 Å². The minimum absolute atomic E-state index is 0.0957. The molecule has 0 atom stereocenters. The van der Waals surface area contributed by atoms with Gasteiger partial charge in [-0.1, -0.05) is 323 Å². The Morgan fingerprint density at radius 2 is 0.681 bits per heavy atom. The largest absolute Gasteiger partial charge is 0.309 e. The summed E-state index contributed by atoms with van der Waals surface area (Å²) >= 11 is 0. The zero-order valence-electron chi connectivity index (χ0n) is 63.5. The number of aromatic nitrogens is 7. The molecule has 5 heterocycles. The first-order valence-electron chi connectivity index (χ1n) is 39.9. The highest BCUT2D eigenvalue weighted by Gasteiger charge is 2.37. The lowest BCUT2D eigenvalue weighted by molar-refractivity contribution is 0.660. The summed E-state index contributed by atoms with van der Waals surface area (Å²) in [6.07, 6.45) is 0. The highest BCUT2D eigenvalue weighted by Crippen LogP contribution is 2.54. The van der Waals surface area contributed by atoms with Crippen LogP contribution in [0.3, 0.4) is 0 Å². The molecule has 540 valence electrons. The average Bonchev–Trinajstić information content (AvgIpc) is 1.53. The molecule has 19 aromatic carbocycles. The average molecular weight is 1480 g/mol. The lowest BCUT2D eigenvalue weighted by atomic mass is 9.82. The van der Waals surface area contributed by atoms with Crippen molar-refractivity contribution in [1.82, 2.24) is 34.1 Å². The molecule has 5 aromatic heterocycles. The summed E-state index contributed by atoms with van der Waals surface area (Å²) < 4.78 is 7.30. The SMILES string of the molecule is CC1(C)c2ccccc2-c2c(-c3nnc(-c4cccc5c(-n6c7cc8ccccc8cc7c7ccc8ccccc8c76)cccc45)c4ccccc34)cccc21.c1ccc(-n2c3ccccc3c3ccc(-c4nnc(-c5cc(-n6c7cc8ccccc8cc7c7c8ccccc8ccc76)cc6ccccc56)c5ccccc45)cc32)cc1. The van der Waals surface area contributed by atoms with E-state index in [-0.39, 0.29) is 5.41 Å². The molecule has 0 unspecified atom stereocenters. The molecular weight excluding hydrogens is 1410 g/mol. The van der Waals surface area contributed by atoms with E-state index in [1.165, 1.54) is 131 Å². The van der Waals surface area contributed by atoms with E-state index in [2.05, 4.69) is 410 Å². The van der Waals surface area contributed by atoms with Gasteiger partial charge in [-0.2, -0.15) is 0 Å². The van der Waals surface area contributed by atoms with Gasteiger partial charge < -0.3 is 13.7 Å². The molecule has 1 aliphatic rings. The van der Waals surface area contributed by atoms with Crippen LogP contribution in [0.25, 0.3) is 225 Å². The second-order valence-electron chi connectivity index (χ2n) is 31.6. The van der Waals surface area contributed by atoms with E-state index in [0.717, 1.165) is 105 Å². The zero-order chi connectivity index (χ0) is 76.4. The van der Waals surface area contributed by atoms with E-state index in [4.69, 9.17) is 20.4 Å². The van der Waals surface area contributed by atoms with E-state index in [0.29, 0.717) is 0 Å². The summed E-state index contributed by atoms with van der Waals surface area (Å²) in [5.41, 5.74) is 23.4. The number of para-hydroxylation sites is 2. The number of hydrogen-bond acceptors (Lipinski definition) is 4. The van der Waals surface area contributed by atoms with Crippen LogP contribution in [0.15, 0.2) is 382 Å². The van der Waals surface area contributed by atoms with Gasteiger partial charge in [0.25, 0.3) is 0 Å². The third-order valence-electron chi connectivity index (χ3n) is 25.0. The normalized spacial score (nSPS) is 12.6. The predicted molar refractivity (Wildman–Crippen MR) is 486 cm³/mol. The van der Waals surface area contributed by atoms with Crippen LogP contribution in [-0.2, 0) is 5.41 Å². The molecule has 0 bridgehead atoms. The molecule has 0 saturated carbocycles. The summed E-state index contributed by atoms with van der Waals surface area (Å²) in [6, 6.07) is 139. The van der Waals surface area contributed by atoms with E-state index < -0.39 is 0 Å². The molecule has 0 aliphatic heterocycles. The number of nitrogens with zero attached hydrogens (tertiary/aromatic N) is 7. The van der Waals surface area contributed by atoms with Crippen LogP contribution in [0.2, 0.25) is 0 Å². The van der Waals surface area contributed by atoms with Gasteiger partial charge in [0.2, 0.25) is 0 Å². The van der Waals surface area contributed by atoms with Gasteiger partial charge in [-0.05, 0) is 149 Å². The van der Waals surface area contributed by atoms with E-state index in [1.807, 2.05) is 0 Å². The second kappa shape index (κ2) is 25.4. The van der Waals surface area contributed by atoms with Crippen LogP contribution in [0.5, 0.6) is 0 Å². The molecule has 25 rings (SSSR count). The fourth-order valence-corrected chi connectivity index (χ4v) is 19.7. The topological polar surface area (TPSA) is 66.3 Å². The van der Waals surface area contributed by atoms with E-state index in [1.54, 1.807) is 0 Å². The van der Waals surface area contributed by atoms with Crippen molar-refractivity contribution in [3.05, 3.63) is 393 Å². The highest BCUT2D eigenvalue weighted by molar-refractivity contribution is 6.25. The molecule has 7 nitrogen and oxygen atoms in total. The minimum atomic E-state index is -0.0957. The van der Waals surface area contributed by atoms with Crippen molar-refractivity contribution in [2.45, 2.75) is 19.3 Å². The highest BCUT2D eigenvalue weighted by atomic mass is 15.1. The van der Waals surface area contributed by atoms with Crippen molar-refractivity contribution in [3.8, 4) is 73.2 Å². The first kappa shape index (κ1) is 65.5. The van der Waals surface area contributed by atoms with Gasteiger partial charge in [0.1, 0.15) is 22.8 Å². The van der Waals surface area contributed by atoms with E-state index >= 15 is 0 Å². The van der Waals surface area contributed by atoms with Crippen LogP contribution in [0.1, 0.15) is 25.0 Å². The van der Waals surface area contributed by atoms with Gasteiger partial charge in [0.15, 0.2) is 0 Å². The third-order valence-corrected chi connectivity index (χ3v) is 25.0. The molecule has 24 aromatic rings. The summed E-state index contributed by atoms with van der Waals surface area (Å²) in [5, 5.41) is 46.8. The van der Waals surface area contributed by atoms with Gasteiger partial charge in [-0.25, -0.2) is 0 Å². The molecule has 0 spiro atoms. The Labute approximate surface area is 667 Å². The number of fused-ring (bicyclic) bond motifs is 22. The lowest BCUT2D eigenvalue weighted by Gasteiger charge is -2.21. The Bertz CT molecular complexity index is 8320. The van der Waals surface area contributed by atoms with Gasteiger partial charge in [0, 0.05) is 104 Å². The Kier molecular flexibility index (Phi) is 14.4. The summed E-state index contributed by atoms with van der Waals surface area (Å²) in [4.78, 5) is 0. The zero-order valence-corrected chi connectivity index (χ0v) is 63.5. The summed E-state index contributed by atoms with van der Waals surface area (Å²) in [5.74, 6) is 0. The Balaban J connectivity index is 0.000000134. The van der Waals surface area contributed by atoms with Crippen molar-refractivity contribution in [2.24, 2.45) is 0 Å². The molecule has 0 fully saturated rings. The smallest absolute Gasteiger partial charge is 0.101 e. The maximum absolute atomic E-state index is 5.17. The fourth-order valence-electron chi connectivity index (χ4n) is 19.7.